The van der Waals surface area contributed by atoms with E-state index in [0.29, 0.717) is 17.7 Å². The smallest absolute Gasteiger partial charge is 0.293 e. The van der Waals surface area contributed by atoms with Crippen molar-refractivity contribution >= 4 is 15.9 Å². The van der Waals surface area contributed by atoms with Gasteiger partial charge >= 0.3 is 0 Å². The molecule has 0 bridgehead atoms. The van der Waals surface area contributed by atoms with Gasteiger partial charge in [0, 0.05) is 13.1 Å². The standard InChI is InChI=1S/C20H24N4O6S/c1-29-17-11-9-16(10-12-17)20-22(19(25)15-24(26)21-30-2)13-6-14-23(20)31(27,28)18-7-4-3-5-8-18/h3-5,7-12,20H,6,13-15H2,1-2H3/b24-21-. The zero-order chi connectivity index (χ0) is 22.4. The summed E-state index contributed by atoms with van der Waals surface area (Å²) in [6.07, 6.45) is -0.501. The Balaban J connectivity index is 2.04. The number of nitrogens with zero attached hydrogens (tertiary/aromatic N) is 4. The van der Waals surface area contributed by atoms with Crippen LogP contribution in [-0.4, -0.2) is 62.2 Å². The number of hydrogen-bond acceptors (Lipinski definition) is 7. The maximum absolute atomic E-state index is 13.4. The van der Waals surface area contributed by atoms with Gasteiger partial charge in [-0.25, -0.2) is 8.42 Å². The maximum atomic E-state index is 13.4. The van der Waals surface area contributed by atoms with Crippen molar-refractivity contribution in [2.75, 3.05) is 33.9 Å². The minimum Gasteiger partial charge on any atom is -0.597 e. The molecule has 166 valence electrons. The lowest BCUT2D eigenvalue weighted by Gasteiger charge is -2.42. The fraction of sp³-hybridized carbons (Fsp3) is 0.350. The summed E-state index contributed by atoms with van der Waals surface area (Å²) in [5.41, 5.74) is 0.578. The molecule has 1 amide bonds. The van der Waals surface area contributed by atoms with Crippen LogP contribution >= 0.6 is 0 Å². The lowest BCUT2D eigenvalue weighted by molar-refractivity contribution is -0.547. The Labute approximate surface area is 180 Å². The van der Waals surface area contributed by atoms with Crippen LogP contribution in [0, 0.1) is 5.21 Å². The number of hydroxylamine groups is 1. The third-order valence-corrected chi connectivity index (χ3v) is 6.74. The van der Waals surface area contributed by atoms with Crippen LogP contribution in [0.2, 0.25) is 0 Å². The fourth-order valence-electron chi connectivity index (χ4n) is 3.49. The molecule has 31 heavy (non-hydrogen) atoms. The number of rotatable bonds is 7. The highest BCUT2D eigenvalue weighted by atomic mass is 32.2. The molecule has 1 heterocycles. The van der Waals surface area contributed by atoms with Gasteiger partial charge in [-0.2, -0.15) is 4.31 Å². The third kappa shape index (κ3) is 4.94. The van der Waals surface area contributed by atoms with Crippen LogP contribution in [0.5, 0.6) is 5.75 Å². The Hall–Kier alpha value is -3.18. The van der Waals surface area contributed by atoms with Crippen LogP contribution in [0.3, 0.4) is 0 Å². The molecule has 0 aromatic heterocycles. The topological polar surface area (TPSA) is 115 Å². The van der Waals surface area contributed by atoms with E-state index in [2.05, 4.69) is 10.1 Å². The van der Waals surface area contributed by atoms with Crippen molar-refractivity contribution in [3.8, 4) is 5.75 Å². The molecular formula is C20H24N4O6S. The average Bonchev–Trinajstić information content (AvgIpc) is 2.79. The Morgan fingerprint density at radius 1 is 1.13 bits per heavy atom. The molecule has 11 heteroatoms. The molecule has 1 aliphatic heterocycles. The molecule has 1 fully saturated rings. The lowest BCUT2D eigenvalue weighted by atomic mass is 10.1. The number of hydrogen-bond donors (Lipinski definition) is 0. The van der Waals surface area contributed by atoms with Crippen LogP contribution in [0.1, 0.15) is 18.2 Å². The van der Waals surface area contributed by atoms with Crippen molar-refractivity contribution in [3.05, 3.63) is 65.4 Å². The molecule has 1 saturated heterocycles. The monoisotopic (exact) mass is 448 g/mol. The van der Waals surface area contributed by atoms with Gasteiger partial charge in [0.2, 0.25) is 10.0 Å². The quantitative estimate of drug-likeness (QED) is 0.364. The van der Waals surface area contributed by atoms with E-state index in [1.807, 2.05) is 0 Å². The van der Waals surface area contributed by atoms with E-state index < -0.39 is 28.6 Å². The average molecular weight is 449 g/mol. The highest BCUT2D eigenvalue weighted by Crippen LogP contribution is 2.35. The molecular weight excluding hydrogens is 424 g/mol. The van der Waals surface area contributed by atoms with Gasteiger partial charge in [0.1, 0.15) is 19.0 Å². The maximum Gasteiger partial charge on any atom is 0.293 e. The van der Waals surface area contributed by atoms with Crippen molar-refractivity contribution in [3.63, 3.8) is 0 Å². The molecule has 2 aromatic carbocycles. The molecule has 0 saturated carbocycles. The second-order valence-corrected chi connectivity index (χ2v) is 8.68. The Morgan fingerprint density at radius 2 is 1.81 bits per heavy atom. The van der Waals surface area contributed by atoms with E-state index >= 15 is 0 Å². The van der Waals surface area contributed by atoms with Gasteiger partial charge in [0.25, 0.3) is 12.5 Å². The number of ether oxygens (including phenoxy) is 1. The SMILES string of the molecule is CO/N=[N+](\[O-])CC(=O)N1CCCN(S(=O)(=O)c2ccccc2)C1c1ccc(OC)cc1. The van der Waals surface area contributed by atoms with Crippen LogP contribution in [0.15, 0.2) is 64.8 Å². The zero-order valence-corrected chi connectivity index (χ0v) is 18.1. The third-order valence-electron chi connectivity index (χ3n) is 4.87. The summed E-state index contributed by atoms with van der Waals surface area (Å²) in [7, 11) is -1.19. The van der Waals surface area contributed by atoms with Crippen molar-refractivity contribution in [2.24, 2.45) is 5.28 Å². The first-order valence-corrected chi connectivity index (χ1v) is 11.0. The summed E-state index contributed by atoms with van der Waals surface area (Å²) in [4.78, 5) is 19.0. The summed E-state index contributed by atoms with van der Waals surface area (Å²) in [5, 5.41) is 14.9. The van der Waals surface area contributed by atoms with Gasteiger partial charge in [-0.1, -0.05) is 30.3 Å². The minimum absolute atomic E-state index is 0.123. The van der Waals surface area contributed by atoms with Gasteiger partial charge in [-0.3, -0.25) is 4.79 Å². The highest BCUT2D eigenvalue weighted by Gasteiger charge is 2.41. The molecule has 0 aliphatic carbocycles. The van der Waals surface area contributed by atoms with E-state index in [-0.39, 0.29) is 22.8 Å². The Kier molecular flexibility index (Phi) is 7.08. The number of methoxy groups -OCH3 is 1. The van der Waals surface area contributed by atoms with Gasteiger partial charge in [-0.05, 0) is 41.1 Å². The summed E-state index contributed by atoms with van der Waals surface area (Å²) in [6, 6.07) is 14.8. The number of amides is 1. The van der Waals surface area contributed by atoms with Crippen molar-refractivity contribution in [1.29, 1.82) is 0 Å². The van der Waals surface area contributed by atoms with Gasteiger partial charge < -0.3 is 19.7 Å². The van der Waals surface area contributed by atoms with Crippen LogP contribution in [0.25, 0.3) is 0 Å². The van der Waals surface area contributed by atoms with Crippen molar-refractivity contribution in [1.82, 2.24) is 9.21 Å². The zero-order valence-electron chi connectivity index (χ0n) is 17.2. The van der Waals surface area contributed by atoms with Crippen molar-refractivity contribution < 1.29 is 27.6 Å². The first kappa shape index (κ1) is 22.5. The van der Waals surface area contributed by atoms with Gasteiger partial charge in [0.05, 0.1) is 12.0 Å². The van der Waals surface area contributed by atoms with E-state index in [1.54, 1.807) is 42.5 Å². The van der Waals surface area contributed by atoms with Gasteiger partial charge in [-0.15, -0.1) is 0 Å². The highest BCUT2D eigenvalue weighted by molar-refractivity contribution is 7.89. The molecule has 0 radical (unpaired) electrons. The second-order valence-electron chi connectivity index (χ2n) is 6.79. The predicted molar refractivity (Wildman–Crippen MR) is 110 cm³/mol. The minimum atomic E-state index is -3.91. The largest absolute Gasteiger partial charge is 0.597 e. The number of benzene rings is 2. The molecule has 2 aromatic rings. The molecule has 3 rings (SSSR count). The van der Waals surface area contributed by atoms with Crippen LogP contribution in [0.4, 0.5) is 0 Å². The van der Waals surface area contributed by atoms with E-state index in [1.165, 1.54) is 35.6 Å². The fourth-order valence-corrected chi connectivity index (χ4v) is 5.13. The van der Waals surface area contributed by atoms with Crippen LogP contribution < -0.4 is 4.74 Å². The van der Waals surface area contributed by atoms with Crippen LogP contribution in [-0.2, 0) is 19.7 Å². The number of carbonyl (C=O) groups excluding carboxylic acids is 1. The predicted octanol–water partition coefficient (Wildman–Crippen LogP) is 2.14. The molecule has 0 N–H and O–H groups in total. The Morgan fingerprint density at radius 3 is 2.42 bits per heavy atom. The molecule has 1 atom stereocenters. The number of carbonyl (C=O) groups is 1. The van der Waals surface area contributed by atoms with E-state index in [4.69, 9.17) is 4.74 Å². The number of sulfonamides is 1. The summed E-state index contributed by atoms with van der Waals surface area (Å²) < 4.78 is 33.4. The van der Waals surface area contributed by atoms with E-state index in [9.17, 15) is 18.4 Å². The first-order chi connectivity index (χ1) is 14.9. The summed E-state index contributed by atoms with van der Waals surface area (Å²) in [6.45, 7) is -0.0852. The second kappa shape index (κ2) is 9.75. The van der Waals surface area contributed by atoms with E-state index in [0.717, 1.165) is 0 Å². The lowest BCUT2D eigenvalue weighted by Crippen LogP contribution is -2.53. The van der Waals surface area contributed by atoms with Crippen molar-refractivity contribution in [2.45, 2.75) is 17.5 Å². The molecule has 1 unspecified atom stereocenters. The normalized spacial score (nSPS) is 17.9. The summed E-state index contributed by atoms with van der Waals surface area (Å²) in [5.74, 6) is 0.0316. The Bertz CT molecular complexity index is 1030. The summed E-state index contributed by atoms with van der Waals surface area (Å²) >= 11 is 0. The molecule has 10 nitrogen and oxygen atoms in total. The molecule has 1 aliphatic rings. The first-order valence-electron chi connectivity index (χ1n) is 9.57. The van der Waals surface area contributed by atoms with Gasteiger partial charge in [0.15, 0.2) is 5.28 Å². The molecule has 0 spiro atoms.